The zero-order chi connectivity index (χ0) is 73.0. The first-order valence-corrected chi connectivity index (χ1v) is 43.1. The van der Waals surface area contributed by atoms with E-state index < -0.39 is 73.2 Å². The van der Waals surface area contributed by atoms with Gasteiger partial charge in [-0.2, -0.15) is 65.4 Å². The average Bonchev–Trinajstić information content (AvgIpc) is 1.44. The van der Waals surface area contributed by atoms with Gasteiger partial charge >= 0.3 is 12.4 Å². The summed E-state index contributed by atoms with van der Waals surface area (Å²) >= 11 is 0. The maximum absolute atomic E-state index is 13.5. The van der Waals surface area contributed by atoms with Crippen LogP contribution in [0.25, 0.3) is 44.6 Å². The molecule has 12 rings (SSSR count). The highest BCUT2D eigenvalue weighted by Crippen LogP contribution is 2.42. The standard InChI is InChI=1S/C34H45F3N10O2Si.C33H42F3N9O5SSi/c1-44(2)19-25-16-29(43-32(42-25)34(35,36)37)49-27-8-6-26(7-9-27)46-20-33(21-46,11-12-38)47-18-24(17-41-47)30-28-10-13-45(31(28)40-22-39-30)23-48-14-15-50(3,4)5;1-48-51(46,47)18-24-15-28(42-31(41-24)33(34,35)36)50-26-7-5-25(6-8-26)44-19-32(20-44,10-11-37)45-17-23(16-40-45)29-27-9-12-43(30(27)39-21-38-29)22-49-13-14-52(2,3)4/h10,13,16-18,22,26-27H,6-9,11,14-15,19-21,23H2,1-5H3;9,12,15-17,21,25-26H,5-8,10,13-14,18-20,22H2,1-4H3. The lowest BCUT2D eigenvalue weighted by atomic mass is 9.82. The quantitative estimate of drug-likeness (QED) is 0.0200. The van der Waals surface area contributed by atoms with Gasteiger partial charge in [-0.25, -0.2) is 29.9 Å². The molecule has 26 nitrogen and oxygen atoms in total. The van der Waals surface area contributed by atoms with Gasteiger partial charge in [-0.3, -0.25) is 23.3 Å². The average molecular weight is 1470 g/mol. The second-order valence-electron chi connectivity index (χ2n) is 29.7. The molecular weight excluding hydrogens is 1390 g/mol. The summed E-state index contributed by atoms with van der Waals surface area (Å²) in [5.74, 6) is -3.88. The van der Waals surface area contributed by atoms with E-state index in [4.69, 9.17) is 29.1 Å². The number of nitrogens with zero attached hydrogens (tertiary/aromatic N) is 19. The predicted molar refractivity (Wildman–Crippen MR) is 370 cm³/mol. The summed E-state index contributed by atoms with van der Waals surface area (Å²) in [5.41, 5.74) is 3.69. The van der Waals surface area contributed by atoms with Gasteiger partial charge in [0, 0.05) is 133 Å². The van der Waals surface area contributed by atoms with E-state index in [0.717, 1.165) is 102 Å². The number of ether oxygens (including phenoxy) is 4. The number of rotatable bonds is 27. The Labute approximate surface area is 590 Å². The van der Waals surface area contributed by atoms with E-state index >= 15 is 0 Å². The van der Waals surface area contributed by atoms with E-state index in [0.29, 0.717) is 78.4 Å². The lowest BCUT2D eigenvalue weighted by molar-refractivity contribution is -0.146. The molecule has 0 N–H and O–H groups in total. The van der Waals surface area contributed by atoms with Crippen molar-refractivity contribution in [1.29, 1.82) is 10.5 Å². The number of halogens is 6. The lowest BCUT2D eigenvalue weighted by Gasteiger charge is -2.53. The van der Waals surface area contributed by atoms with Crippen LogP contribution in [0, 0.1) is 22.7 Å². The molecule has 8 aromatic heterocycles. The summed E-state index contributed by atoms with van der Waals surface area (Å²) < 4.78 is 141. The zero-order valence-corrected chi connectivity index (χ0v) is 61.6. The van der Waals surface area contributed by atoms with Crippen LogP contribution in [0.3, 0.4) is 0 Å². The minimum atomic E-state index is -4.89. The molecule has 0 aromatic carbocycles. The summed E-state index contributed by atoms with van der Waals surface area (Å²) in [5, 5.41) is 30.8. The van der Waals surface area contributed by atoms with Crippen LogP contribution in [0.5, 0.6) is 11.8 Å². The van der Waals surface area contributed by atoms with Crippen molar-refractivity contribution in [3.63, 3.8) is 0 Å². The van der Waals surface area contributed by atoms with E-state index in [1.54, 1.807) is 37.7 Å². The first-order valence-electron chi connectivity index (χ1n) is 34.1. The molecule has 35 heteroatoms. The second-order valence-corrected chi connectivity index (χ2v) is 42.7. The molecule has 0 radical (unpaired) electrons. The van der Waals surface area contributed by atoms with Gasteiger partial charge in [0.1, 0.15) is 66.4 Å². The number of hydrogen-bond donors (Lipinski definition) is 0. The third kappa shape index (κ3) is 18.4. The normalized spacial score (nSPS) is 19.8. The summed E-state index contributed by atoms with van der Waals surface area (Å²) in [6.07, 6.45) is 10.5. The number of likely N-dealkylation sites (tertiary alicyclic amines) is 2. The molecule has 0 amide bonds. The van der Waals surface area contributed by atoms with Crippen LogP contribution < -0.4 is 9.47 Å². The lowest BCUT2D eigenvalue weighted by Crippen LogP contribution is -2.65. The molecule has 2 saturated carbocycles. The van der Waals surface area contributed by atoms with Crippen molar-refractivity contribution >= 4 is 48.3 Å². The summed E-state index contributed by atoms with van der Waals surface area (Å²) in [6, 6.07) is 13.9. The topological polar surface area (TPSA) is 286 Å². The van der Waals surface area contributed by atoms with Crippen LogP contribution in [0.2, 0.25) is 51.4 Å². The number of hydrogen-bond acceptors (Lipinski definition) is 22. The Balaban J connectivity index is 0.000000205. The van der Waals surface area contributed by atoms with Crippen molar-refractivity contribution in [3.05, 3.63) is 97.1 Å². The fraction of sp³-hybridized carbons (Fsp3) is 0.582. The van der Waals surface area contributed by atoms with E-state index in [2.05, 4.69) is 105 Å². The third-order valence-corrected chi connectivity index (χ3v) is 23.6. The Morgan fingerprint density at radius 1 is 0.608 bits per heavy atom. The van der Waals surface area contributed by atoms with Crippen molar-refractivity contribution in [2.24, 2.45) is 0 Å². The number of nitriles is 2. The third-order valence-electron chi connectivity index (χ3n) is 19.0. The molecule has 0 atom stereocenters. The smallest absolute Gasteiger partial charge is 0.451 e. The van der Waals surface area contributed by atoms with Gasteiger partial charge in [0.15, 0.2) is 0 Å². The Hall–Kier alpha value is -7.88. The molecule has 102 heavy (non-hydrogen) atoms. The van der Waals surface area contributed by atoms with Gasteiger partial charge in [0.25, 0.3) is 10.1 Å². The Bertz CT molecular complexity index is 4400. The van der Waals surface area contributed by atoms with Gasteiger partial charge in [0.2, 0.25) is 23.4 Å². The van der Waals surface area contributed by atoms with Crippen molar-refractivity contribution < 1.29 is 57.9 Å². The monoisotopic (exact) mass is 1470 g/mol. The van der Waals surface area contributed by atoms with Crippen LogP contribution in [-0.4, -0.2) is 193 Å². The van der Waals surface area contributed by atoms with E-state index in [9.17, 15) is 45.3 Å². The van der Waals surface area contributed by atoms with E-state index in [-0.39, 0.29) is 54.3 Å². The molecule has 4 fully saturated rings. The molecule has 2 aliphatic carbocycles. The maximum Gasteiger partial charge on any atom is 0.451 e. The number of aromatic nitrogens is 14. The van der Waals surface area contributed by atoms with Gasteiger partial charge in [-0.1, -0.05) is 39.3 Å². The minimum Gasteiger partial charge on any atom is -0.474 e. The molecule has 0 unspecified atom stereocenters. The fourth-order valence-electron chi connectivity index (χ4n) is 13.5. The van der Waals surface area contributed by atoms with Crippen LogP contribution in [0.1, 0.15) is 87.2 Å². The first-order chi connectivity index (χ1) is 48.3. The van der Waals surface area contributed by atoms with Crippen LogP contribution in [-0.2, 0) is 73.0 Å². The Morgan fingerprint density at radius 3 is 1.40 bits per heavy atom. The molecule has 0 spiro atoms. The van der Waals surface area contributed by atoms with Crippen LogP contribution in [0.15, 0.2) is 74.1 Å². The van der Waals surface area contributed by atoms with Crippen molar-refractivity contribution in [2.75, 3.05) is 60.6 Å². The Kier molecular flexibility index (Phi) is 22.8. The largest absolute Gasteiger partial charge is 0.474 e. The molecule has 8 aromatic rings. The summed E-state index contributed by atoms with van der Waals surface area (Å²) in [7, 11) is -2.03. The van der Waals surface area contributed by atoms with Crippen LogP contribution >= 0.6 is 0 Å². The van der Waals surface area contributed by atoms with E-state index in [1.807, 2.05) is 55.4 Å². The Morgan fingerprint density at radius 2 is 1.02 bits per heavy atom. The summed E-state index contributed by atoms with van der Waals surface area (Å²) in [6.45, 7) is 19.0. The highest BCUT2D eigenvalue weighted by Gasteiger charge is 2.50. The highest BCUT2D eigenvalue weighted by molar-refractivity contribution is 7.85. The van der Waals surface area contributed by atoms with Gasteiger partial charge in [0.05, 0.1) is 67.3 Å². The molecule has 2 saturated heterocycles. The fourth-order valence-corrected chi connectivity index (χ4v) is 15.7. The first kappa shape index (κ1) is 75.3. The number of alkyl halides is 6. The van der Waals surface area contributed by atoms with Crippen molar-refractivity contribution in [2.45, 2.75) is 189 Å². The van der Waals surface area contributed by atoms with Gasteiger partial charge in [-0.05, 0) is 89.7 Å². The molecular formula is C67H87F6N19O7SSi2. The second kappa shape index (κ2) is 30.8. The van der Waals surface area contributed by atoms with Gasteiger partial charge in [-0.15, -0.1) is 0 Å². The zero-order valence-electron chi connectivity index (χ0n) is 58.8. The van der Waals surface area contributed by atoms with E-state index in [1.165, 1.54) is 12.4 Å². The maximum atomic E-state index is 13.5. The van der Waals surface area contributed by atoms with Crippen LogP contribution in [0.4, 0.5) is 26.3 Å². The van der Waals surface area contributed by atoms with Crippen molar-refractivity contribution in [3.8, 4) is 46.4 Å². The predicted octanol–water partition coefficient (Wildman–Crippen LogP) is 11.0. The minimum absolute atomic E-state index is 0.0394. The highest BCUT2D eigenvalue weighted by atomic mass is 32.2. The number of fused-ring (bicyclic) bond motifs is 2. The molecule has 2 aliphatic heterocycles. The van der Waals surface area contributed by atoms with Crippen molar-refractivity contribution in [1.82, 2.24) is 83.3 Å². The molecule has 10 heterocycles. The molecule has 548 valence electrons. The summed E-state index contributed by atoms with van der Waals surface area (Å²) in [4.78, 5) is 38.9. The molecule has 4 aliphatic rings. The molecule has 0 bridgehead atoms. The SMILES string of the molecule is CN(C)Cc1cc(OC2CCC(N3CC(CC#N)(n4cc(-c5ncnc6c5ccn6COCC[Si](C)(C)C)cn4)C3)CC2)nc(C(F)(F)F)n1.COS(=O)(=O)Cc1cc(OC2CCC(N3CC(CC#N)(n4cc(-c5ncnc6c5ccn6COCC[Si](C)(C)C)cn4)C3)CC2)nc(C(F)(F)F)n1. The van der Waals surface area contributed by atoms with Gasteiger partial charge < -0.3 is 33.0 Å².